The average Bonchev–Trinajstić information content (AvgIpc) is 2.91. The minimum Gasteiger partial charge on any atom is -0.312 e. The van der Waals surface area contributed by atoms with Gasteiger partial charge in [0.05, 0.1) is 4.88 Å². The van der Waals surface area contributed by atoms with Gasteiger partial charge in [0.1, 0.15) is 5.01 Å². The van der Waals surface area contributed by atoms with Crippen LogP contribution >= 0.6 is 22.7 Å². The Kier molecular flexibility index (Phi) is 4.27. The molecule has 2 nitrogen and oxygen atoms in total. The fourth-order valence-electron chi connectivity index (χ4n) is 1.63. The Balaban J connectivity index is 2.43. The Bertz CT molecular complexity index is 558. The van der Waals surface area contributed by atoms with Crippen molar-refractivity contribution in [2.45, 2.75) is 26.6 Å². The summed E-state index contributed by atoms with van der Waals surface area (Å²) >= 11 is 2.58. The molecule has 0 amide bonds. The largest absolute Gasteiger partial charge is 0.434 e. The molecule has 0 bridgehead atoms. The standard InChI is InChI=1S/C12H13F3N2S2/c1-3-16-4-9-10(12(13,14)15)17-11(19-9)8-6-18-5-7(8)2/h5-6,16H,3-4H2,1-2H3. The molecular formula is C12H13F3N2S2. The molecule has 1 N–H and O–H groups in total. The fourth-order valence-corrected chi connectivity index (χ4v) is 3.67. The number of hydrogen-bond acceptors (Lipinski definition) is 4. The number of aromatic nitrogens is 1. The van der Waals surface area contributed by atoms with Crippen molar-refractivity contribution in [1.82, 2.24) is 10.3 Å². The Hall–Kier alpha value is -0.920. The SMILES string of the molecule is CCNCc1sc(-c2cscc2C)nc1C(F)(F)F. The van der Waals surface area contributed by atoms with Gasteiger partial charge in [-0.15, -0.1) is 11.3 Å². The first-order valence-electron chi connectivity index (χ1n) is 5.74. The lowest BCUT2D eigenvalue weighted by Gasteiger charge is -2.05. The van der Waals surface area contributed by atoms with Crippen LogP contribution in [-0.4, -0.2) is 11.5 Å². The summed E-state index contributed by atoms with van der Waals surface area (Å²) < 4.78 is 38.9. The molecule has 2 heterocycles. The average molecular weight is 306 g/mol. The maximum absolute atomic E-state index is 13.0. The van der Waals surface area contributed by atoms with Crippen LogP contribution in [0.4, 0.5) is 13.2 Å². The van der Waals surface area contributed by atoms with Crippen molar-refractivity contribution >= 4 is 22.7 Å². The van der Waals surface area contributed by atoms with Crippen LogP contribution in [0, 0.1) is 6.92 Å². The third kappa shape index (κ3) is 3.16. The number of rotatable bonds is 4. The second-order valence-electron chi connectivity index (χ2n) is 4.04. The molecule has 0 radical (unpaired) electrons. The summed E-state index contributed by atoms with van der Waals surface area (Å²) in [6.07, 6.45) is -4.40. The topological polar surface area (TPSA) is 24.9 Å². The molecule has 0 aliphatic rings. The summed E-state index contributed by atoms with van der Waals surface area (Å²) in [5, 5.41) is 7.12. The Morgan fingerprint density at radius 1 is 1.32 bits per heavy atom. The molecule has 0 atom stereocenters. The van der Waals surface area contributed by atoms with Crippen LogP contribution < -0.4 is 5.32 Å². The first-order chi connectivity index (χ1) is 8.93. The maximum Gasteiger partial charge on any atom is 0.434 e. The number of thiophene rings is 1. The van der Waals surface area contributed by atoms with Gasteiger partial charge in [-0.1, -0.05) is 6.92 Å². The zero-order valence-electron chi connectivity index (χ0n) is 10.5. The highest BCUT2D eigenvalue weighted by Crippen LogP contribution is 2.39. The normalized spacial score (nSPS) is 12.1. The minimum absolute atomic E-state index is 0.201. The minimum atomic E-state index is -4.40. The van der Waals surface area contributed by atoms with Crippen molar-refractivity contribution < 1.29 is 13.2 Å². The van der Waals surface area contributed by atoms with E-state index in [1.54, 1.807) is 0 Å². The number of nitrogens with one attached hydrogen (secondary N) is 1. The van der Waals surface area contributed by atoms with Gasteiger partial charge in [0.15, 0.2) is 5.69 Å². The first kappa shape index (κ1) is 14.5. The number of alkyl halides is 3. The highest BCUT2D eigenvalue weighted by atomic mass is 32.1. The molecule has 104 valence electrons. The van der Waals surface area contributed by atoms with Crippen molar-refractivity contribution in [3.8, 4) is 10.6 Å². The van der Waals surface area contributed by atoms with E-state index >= 15 is 0 Å². The molecule has 0 aliphatic carbocycles. The van der Waals surface area contributed by atoms with E-state index in [9.17, 15) is 13.2 Å². The maximum atomic E-state index is 13.0. The van der Waals surface area contributed by atoms with Crippen molar-refractivity contribution in [3.63, 3.8) is 0 Å². The van der Waals surface area contributed by atoms with Crippen LogP contribution in [0.5, 0.6) is 0 Å². The van der Waals surface area contributed by atoms with Gasteiger partial charge in [-0.05, 0) is 24.4 Å². The molecule has 0 spiro atoms. The number of hydrogen-bond donors (Lipinski definition) is 1. The van der Waals surface area contributed by atoms with Crippen LogP contribution in [0.2, 0.25) is 0 Å². The van der Waals surface area contributed by atoms with Gasteiger partial charge in [0.2, 0.25) is 0 Å². The van der Waals surface area contributed by atoms with E-state index < -0.39 is 11.9 Å². The van der Waals surface area contributed by atoms with E-state index in [2.05, 4.69) is 10.3 Å². The van der Waals surface area contributed by atoms with Crippen LogP contribution in [0.1, 0.15) is 23.1 Å². The quantitative estimate of drug-likeness (QED) is 0.910. The van der Waals surface area contributed by atoms with E-state index in [0.717, 1.165) is 22.5 Å². The number of aryl methyl sites for hydroxylation is 1. The summed E-state index contributed by atoms with van der Waals surface area (Å²) in [5.74, 6) is 0. The summed E-state index contributed by atoms with van der Waals surface area (Å²) in [5.41, 5.74) is 0.991. The van der Waals surface area contributed by atoms with Gasteiger partial charge in [-0.25, -0.2) is 4.98 Å². The second kappa shape index (κ2) is 5.60. The first-order valence-corrected chi connectivity index (χ1v) is 7.50. The predicted molar refractivity (Wildman–Crippen MR) is 72.5 cm³/mol. The zero-order valence-corrected chi connectivity index (χ0v) is 12.1. The van der Waals surface area contributed by atoms with Gasteiger partial charge >= 0.3 is 6.18 Å². The molecule has 0 unspecified atom stereocenters. The van der Waals surface area contributed by atoms with Crippen molar-refractivity contribution in [2.75, 3.05) is 6.54 Å². The predicted octanol–water partition coefficient (Wildman–Crippen LogP) is 4.31. The molecule has 2 rings (SSSR count). The molecule has 2 aromatic heterocycles. The molecule has 0 aliphatic heterocycles. The van der Waals surface area contributed by atoms with Crippen LogP contribution in [0.25, 0.3) is 10.6 Å². The lowest BCUT2D eigenvalue weighted by molar-refractivity contribution is -0.141. The lowest BCUT2D eigenvalue weighted by atomic mass is 10.2. The number of halogens is 3. The van der Waals surface area contributed by atoms with Crippen LogP contribution in [-0.2, 0) is 12.7 Å². The highest BCUT2D eigenvalue weighted by Gasteiger charge is 2.37. The fraction of sp³-hybridized carbons (Fsp3) is 0.417. The molecule has 7 heteroatoms. The molecule has 0 aromatic carbocycles. The third-order valence-electron chi connectivity index (χ3n) is 2.59. The van der Waals surface area contributed by atoms with E-state index in [0.29, 0.717) is 11.6 Å². The zero-order chi connectivity index (χ0) is 14.0. The summed E-state index contributed by atoms with van der Waals surface area (Å²) in [6, 6.07) is 0. The molecular weight excluding hydrogens is 293 g/mol. The second-order valence-corrected chi connectivity index (χ2v) is 5.86. The summed E-state index contributed by atoms with van der Waals surface area (Å²) in [6.45, 7) is 4.57. The highest BCUT2D eigenvalue weighted by molar-refractivity contribution is 7.15. The molecule has 0 fully saturated rings. The van der Waals surface area contributed by atoms with Crippen LogP contribution in [0.3, 0.4) is 0 Å². The smallest absolute Gasteiger partial charge is 0.312 e. The van der Waals surface area contributed by atoms with Crippen molar-refractivity contribution in [3.05, 3.63) is 26.9 Å². The van der Waals surface area contributed by atoms with E-state index in [4.69, 9.17) is 0 Å². The third-order valence-corrected chi connectivity index (χ3v) is 4.54. The molecule has 0 saturated heterocycles. The molecule has 2 aromatic rings. The van der Waals surface area contributed by atoms with E-state index in [1.807, 2.05) is 24.6 Å². The van der Waals surface area contributed by atoms with Gasteiger partial charge in [-0.3, -0.25) is 0 Å². The lowest BCUT2D eigenvalue weighted by Crippen LogP contribution is -2.15. The molecule has 19 heavy (non-hydrogen) atoms. The monoisotopic (exact) mass is 306 g/mol. The van der Waals surface area contributed by atoms with Gasteiger partial charge in [-0.2, -0.15) is 24.5 Å². The summed E-state index contributed by atoms with van der Waals surface area (Å²) in [7, 11) is 0. The van der Waals surface area contributed by atoms with Crippen molar-refractivity contribution in [2.24, 2.45) is 0 Å². The Labute approximate surface area is 117 Å². The number of thiazole rings is 1. The van der Waals surface area contributed by atoms with Crippen molar-refractivity contribution in [1.29, 1.82) is 0 Å². The van der Waals surface area contributed by atoms with Crippen LogP contribution in [0.15, 0.2) is 10.8 Å². The van der Waals surface area contributed by atoms with E-state index in [1.165, 1.54) is 11.3 Å². The van der Waals surface area contributed by atoms with Gasteiger partial charge in [0, 0.05) is 17.5 Å². The van der Waals surface area contributed by atoms with E-state index in [-0.39, 0.29) is 11.4 Å². The summed E-state index contributed by atoms with van der Waals surface area (Å²) in [4.78, 5) is 4.04. The van der Waals surface area contributed by atoms with Gasteiger partial charge < -0.3 is 5.32 Å². The Morgan fingerprint density at radius 2 is 2.05 bits per heavy atom. The van der Waals surface area contributed by atoms with Gasteiger partial charge in [0.25, 0.3) is 0 Å². The molecule has 0 saturated carbocycles. The Morgan fingerprint density at radius 3 is 2.58 bits per heavy atom. The number of nitrogens with zero attached hydrogens (tertiary/aromatic N) is 1.